The normalized spacial score (nSPS) is 10.3. The molecule has 0 fully saturated rings. The predicted molar refractivity (Wildman–Crippen MR) is 60.0 cm³/mol. The van der Waals surface area contributed by atoms with Crippen LogP contribution >= 0.6 is 27.5 Å². The number of benzene rings is 1. The Balaban J connectivity index is 2.53. The highest BCUT2D eigenvalue weighted by atomic mass is 79.9. The highest BCUT2D eigenvalue weighted by Gasteiger charge is 2.08. The lowest BCUT2D eigenvalue weighted by Gasteiger charge is -1.95. The fourth-order valence-corrected chi connectivity index (χ4v) is 2.39. The predicted octanol–water partition coefficient (Wildman–Crippen LogP) is 3.88. The van der Waals surface area contributed by atoms with Crippen LogP contribution in [0.1, 0.15) is 4.88 Å². The molecule has 2 aromatic rings. The van der Waals surface area contributed by atoms with Gasteiger partial charge < -0.3 is 0 Å². The van der Waals surface area contributed by atoms with Crippen molar-refractivity contribution in [2.24, 2.45) is 0 Å². The van der Waals surface area contributed by atoms with E-state index in [-0.39, 0.29) is 0 Å². The summed E-state index contributed by atoms with van der Waals surface area (Å²) in [7, 11) is 0. The molecule has 0 saturated carbocycles. The molecule has 0 aliphatic carbocycles. The number of halogens is 1. The first kappa shape index (κ1) is 8.91. The van der Waals surface area contributed by atoms with Crippen LogP contribution in [0.4, 0.5) is 0 Å². The van der Waals surface area contributed by atoms with Gasteiger partial charge in [0.1, 0.15) is 0 Å². The first-order valence-corrected chi connectivity index (χ1v) is 5.53. The van der Waals surface area contributed by atoms with Gasteiger partial charge in [-0.3, -0.25) is 0 Å². The molecule has 0 N–H and O–H groups in total. The van der Waals surface area contributed by atoms with Crippen LogP contribution in [0.3, 0.4) is 0 Å². The van der Waals surface area contributed by atoms with Gasteiger partial charge in [-0.1, -0.05) is 30.3 Å². The molecule has 13 heavy (non-hydrogen) atoms. The number of nitrogens with zero attached hydrogens (tertiary/aromatic N) is 1. The molecule has 1 nitrogen and oxygen atoms in total. The van der Waals surface area contributed by atoms with Crippen molar-refractivity contribution in [2.45, 2.75) is 6.92 Å². The lowest BCUT2D eigenvalue weighted by atomic mass is 10.1. The third kappa shape index (κ3) is 1.67. The van der Waals surface area contributed by atoms with Gasteiger partial charge in [0, 0.05) is 10.4 Å². The Morgan fingerprint density at radius 1 is 1.23 bits per heavy atom. The largest absolute Gasteiger partial charge is 0.191 e. The second-order valence-corrected chi connectivity index (χ2v) is 4.54. The van der Waals surface area contributed by atoms with E-state index in [1.807, 2.05) is 18.2 Å². The van der Waals surface area contributed by atoms with Crippen LogP contribution < -0.4 is 0 Å². The Hall–Kier alpha value is -0.670. The van der Waals surface area contributed by atoms with Crippen LogP contribution in [0.5, 0.6) is 0 Å². The Kier molecular flexibility index (Phi) is 2.47. The third-order valence-electron chi connectivity index (χ3n) is 1.84. The molecule has 0 aliphatic rings. The van der Waals surface area contributed by atoms with Crippen molar-refractivity contribution in [1.29, 1.82) is 0 Å². The molecule has 0 spiro atoms. The molecule has 0 aliphatic heterocycles. The number of aromatic nitrogens is 1. The van der Waals surface area contributed by atoms with Crippen LogP contribution in [0, 0.1) is 6.92 Å². The Morgan fingerprint density at radius 3 is 2.46 bits per heavy atom. The minimum Gasteiger partial charge on any atom is -0.191 e. The zero-order valence-corrected chi connectivity index (χ0v) is 9.52. The van der Waals surface area contributed by atoms with Crippen LogP contribution in [0.2, 0.25) is 0 Å². The molecule has 3 heteroatoms. The smallest absolute Gasteiger partial charge is 0.0985 e. The van der Waals surface area contributed by atoms with E-state index in [4.69, 9.17) is 0 Å². The van der Waals surface area contributed by atoms with E-state index >= 15 is 0 Å². The number of hydrogen-bond donors (Lipinski definition) is 0. The SMILES string of the molecule is Cc1snc(-c2ccccc2)c1Br. The molecule has 1 heterocycles. The van der Waals surface area contributed by atoms with E-state index < -0.39 is 0 Å². The van der Waals surface area contributed by atoms with Gasteiger partial charge in [-0.25, -0.2) is 0 Å². The fraction of sp³-hybridized carbons (Fsp3) is 0.100. The van der Waals surface area contributed by atoms with Crippen LogP contribution in [-0.2, 0) is 0 Å². The lowest BCUT2D eigenvalue weighted by molar-refractivity contribution is 1.48. The van der Waals surface area contributed by atoms with Crippen molar-refractivity contribution >= 4 is 27.5 Å². The lowest BCUT2D eigenvalue weighted by Crippen LogP contribution is -1.76. The van der Waals surface area contributed by atoms with Gasteiger partial charge in [-0.05, 0) is 34.4 Å². The van der Waals surface area contributed by atoms with Crippen molar-refractivity contribution in [2.75, 3.05) is 0 Å². The van der Waals surface area contributed by atoms with Crippen molar-refractivity contribution in [3.8, 4) is 11.3 Å². The van der Waals surface area contributed by atoms with Gasteiger partial charge >= 0.3 is 0 Å². The molecular weight excluding hydrogens is 246 g/mol. The quantitative estimate of drug-likeness (QED) is 0.752. The Labute approximate surface area is 89.7 Å². The monoisotopic (exact) mass is 253 g/mol. The van der Waals surface area contributed by atoms with Crippen molar-refractivity contribution < 1.29 is 0 Å². The molecule has 1 aromatic carbocycles. The fourth-order valence-electron chi connectivity index (χ4n) is 1.14. The Morgan fingerprint density at radius 2 is 1.92 bits per heavy atom. The summed E-state index contributed by atoms with van der Waals surface area (Å²) in [6.07, 6.45) is 0. The van der Waals surface area contributed by atoms with E-state index in [0.717, 1.165) is 10.2 Å². The second kappa shape index (κ2) is 3.60. The van der Waals surface area contributed by atoms with Gasteiger partial charge in [0.15, 0.2) is 0 Å². The van der Waals surface area contributed by atoms with Crippen LogP contribution in [0.15, 0.2) is 34.8 Å². The van der Waals surface area contributed by atoms with Crippen LogP contribution in [-0.4, -0.2) is 4.37 Å². The maximum absolute atomic E-state index is 4.38. The first-order chi connectivity index (χ1) is 6.29. The minimum atomic E-state index is 1.04. The molecule has 0 radical (unpaired) electrons. The van der Waals surface area contributed by atoms with Crippen molar-refractivity contribution in [1.82, 2.24) is 4.37 Å². The standard InChI is InChI=1S/C10H8BrNS/c1-7-9(11)10(12-13-7)8-5-3-2-4-6-8/h2-6H,1H3. The summed E-state index contributed by atoms with van der Waals surface area (Å²) in [6.45, 7) is 2.06. The molecule has 0 atom stereocenters. The maximum Gasteiger partial charge on any atom is 0.0985 e. The minimum absolute atomic E-state index is 1.04. The number of aryl methyl sites for hydroxylation is 1. The molecule has 0 unspecified atom stereocenters. The summed E-state index contributed by atoms with van der Waals surface area (Å²) in [4.78, 5) is 1.22. The maximum atomic E-state index is 4.38. The van der Waals surface area contributed by atoms with E-state index in [1.54, 1.807) is 0 Å². The zero-order chi connectivity index (χ0) is 9.26. The summed E-state index contributed by atoms with van der Waals surface area (Å²) < 4.78 is 5.49. The van der Waals surface area contributed by atoms with Gasteiger partial charge in [0.05, 0.1) is 10.2 Å². The number of hydrogen-bond acceptors (Lipinski definition) is 2. The van der Waals surface area contributed by atoms with E-state index in [2.05, 4.69) is 39.4 Å². The number of rotatable bonds is 1. The summed E-state index contributed by atoms with van der Waals surface area (Å²) in [5, 5.41) is 0. The van der Waals surface area contributed by atoms with E-state index in [9.17, 15) is 0 Å². The van der Waals surface area contributed by atoms with Gasteiger partial charge in [-0.2, -0.15) is 4.37 Å². The molecular formula is C10H8BrNS. The molecule has 0 amide bonds. The average molecular weight is 254 g/mol. The second-order valence-electron chi connectivity index (χ2n) is 2.77. The summed E-state index contributed by atoms with van der Waals surface area (Å²) in [5.41, 5.74) is 2.21. The summed E-state index contributed by atoms with van der Waals surface area (Å²) in [6, 6.07) is 10.2. The van der Waals surface area contributed by atoms with Gasteiger partial charge in [-0.15, -0.1) is 0 Å². The Bertz CT molecular complexity index is 408. The highest BCUT2D eigenvalue weighted by molar-refractivity contribution is 9.10. The molecule has 0 bridgehead atoms. The van der Waals surface area contributed by atoms with Gasteiger partial charge in [0.2, 0.25) is 0 Å². The van der Waals surface area contributed by atoms with Gasteiger partial charge in [0.25, 0.3) is 0 Å². The van der Waals surface area contributed by atoms with Crippen molar-refractivity contribution in [3.63, 3.8) is 0 Å². The molecule has 1 aromatic heterocycles. The molecule has 0 saturated heterocycles. The first-order valence-electron chi connectivity index (χ1n) is 3.96. The van der Waals surface area contributed by atoms with E-state index in [0.29, 0.717) is 0 Å². The zero-order valence-electron chi connectivity index (χ0n) is 7.12. The molecule has 2 rings (SSSR count). The summed E-state index contributed by atoms with van der Waals surface area (Å²) >= 11 is 5.06. The topological polar surface area (TPSA) is 12.9 Å². The summed E-state index contributed by atoms with van der Waals surface area (Å²) in [5.74, 6) is 0. The average Bonchev–Trinajstić information content (AvgIpc) is 2.49. The highest BCUT2D eigenvalue weighted by Crippen LogP contribution is 2.31. The third-order valence-corrected chi connectivity index (χ3v) is 3.82. The molecule has 66 valence electrons. The van der Waals surface area contributed by atoms with Crippen molar-refractivity contribution in [3.05, 3.63) is 39.7 Å². The van der Waals surface area contributed by atoms with Crippen LogP contribution in [0.25, 0.3) is 11.3 Å². The van der Waals surface area contributed by atoms with E-state index in [1.165, 1.54) is 22.0 Å².